The fraction of sp³-hybridized carbons (Fsp3) is 0.250. The fourth-order valence-corrected chi connectivity index (χ4v) is 2.35. The van der Waals surface area contributed by atoms with E-state index in [4.69, 9.17) is 21.1 Å². The number of anilines is 1. The number of pyridine rings is 1. The Morgan fingerprint density at radius 1 is 1.39 bits per heavy atom. The smallest absolute Gasteiger partial charge is 0.255 e. The third kappa shape index (κ3) is 3.97. The second kappa shape index (κ2) is 6.93. The molecule has 1 saturated heterocycles. The van der Waals surface area contributed by atoms with E-state index in [9.17, 15) is 9.18 Å². The number of aromatic nitrogens is 1. The first-order valence-corrected chi connectivity index (χ1v) is 7.46. The Morgan fingerprint density at radius 3 is 3.00 bits per heavy atom. The highest BCUT2D eigenvalue weighted by Crippen LogP contribution is 2.21. The summed E-state index contributed by atoms with van der Waals surface area (Å²) in [6.07, 6.45) is 2.25. The molecule has 0 spiro atoms. The molecular weight excluding hydrogens is 323 g/mol. The van der Waals surface area contributed by atoms with Crippen LogP contribution in [0.5, 0.6) is 5.88 Å². The van der Waals surface area contributed by atoms with E-state index in [1.54, 1.807) is 12.1 Å². The van der Waals surface area contributed by atoms with Crippen molar-refractivity contribution in [3.63, 3.8) is 0 Å². The van der Waals surface area contributed by atoms with Gasteiger partial charge in [-0.3, -0.25) is 4.79 Å². The van der Waals surface area contributed by atoms with Crippen LogP contribution in [0, 0.1) is 5.82 Å². The lowest BCUT2D eigenvalue weighted by molar-refractivity contribution is 0.102. The molecule has 5 nitrogen and oxygen atoms in total. The van der Waals surface area contributed by atoms with Crippen molar-refractivity contribution in [3.05, 3.63) is 52.9 Å². The molecule has 120 valence electrons. The lowest BCUT2D eigenvalue weighted by Crippen LogP contribution is -2.17. The number of carbonyl (C=O) groups is 1. The maximum absolute atomic E-state index is 13.1. The summed E-state index contributed by atoms with van der Waals surface area (Å²) in [5.74, 6) is -0.532. The van der Waals surface area contributed by atoms with Crippen molar-refractivity contribution < 1.29 is 18.7 Å². The van der Waals surface area contributed by atoms with Gasteiger partial charge in [0.15, 0.2) is 0 Å². The van der Waals surface area contributed by atoms with Crippen LogP contribution >= 0.6 is 11.6 Å². The minimum absolute atomic E-state index is 0.0447. The number of carbonyl (C=O) groups excluding carboxylic acids is 1. The van der Waals surface area contributed by atoms with Crippen molar-refractivity contribution in [1.29, 1.82) is 0 Å². The van der Waals surface area contributed by atoms with Crippen LogP contribution in [-0.4, -0.2) is 30.2 Å². The zero-order valence-corrected chi connectivity index (χ0v) is 12.8. The largest absolute Gasteiger partial charge is 0.472 e. The number of hydrogen-bond acceptors (Lipinski definition) is 4. The van der Waals surface area contributed by atoms with Crippen LogP contribution in [0.3, 0.4) is 0 Å². The summed E-state index contributed by atoms with van der Waals surface area (Å²) >= 11 is 5.70. The summed E-state index contributed by atoms with van der Waals surface area (Å²) in [5, 5.41) is 2.60. The second-order valence-corrected chi connectivity index (χ2v) is 5.48. The molecule has 1 aromatic heterocycles. The highest BCUT2D eigenvalue weighted by atomic mass is 35.5. The number of ether oxygens (including phenoxy) is 2. The SMILES string of the molecule is O=C(Nc1ccc(F)c(Cl)c1)c1ccnc(O[C@@H]2CCOC2)c1. The van der Waals surface area contributed by atoms with Crippen LogP contribution < -0.4 is 10.1 Å². The first-order chi connectivity index (χ1) is 11.1. The molecule has 2 aromatic rings. The van der Waals surface area contributed by atoms with Gasteiger partial charge in [0.25, 0.3) is 5.91 Å². The van der Waals surface area contributed by atoms with Crippen LogP contribution in [0.25, 0.3) is 0 Å². The third-order valence-corrected chi connectivity index (χ3v) is 3.64. The van der Waals surface area contributed by atoms with Gasteiger partial charge in [0.1, 0.15) is 11.9 Å². The van der Waals surface area contributed by atoms with Gasteiger partial charge >= 0.3 is 0 Å². The Balaban J connectivity index is 1.70. The fourth-order valence-electron chi connectivity index (χ4n) is 2.17. The van der Waals surface area contributed by atoms with E-state index in [0.717, 1.165) is 6.42 Å². The number of benzene rings is 1. The van der Waals surface area contributed by atoms with Crippen molar-refractivity contribution in [1.82, 2.24) is 4.98 Å². The van der Waals surface area contributed by atoms with E-state index in [0.29, 0.717) is 30.3 Å². The summed E-state index contributed by atoms with van der Waals surface area (Å²) in [5.41, 5.74) is 0.791. The average Bonchev–Trinajstić information content (AvgIpc) is 3.04. The molecular formula is C16H14ClFN2O3. The van der Waals surface area contributed by atoms with Crippen LogP contribution in [-0.2, 0) is 4.74 Å². The second-order valence-electron chi connectivity index (χ2n) is 5.07. The lowest BCUT2D eigenvalue weighted by atomic mass is 10.2. The quantitative estimate of drug-likeness (QED) is 0.930. The minimum atomic E-state index is -0.539. The van der Waals surface area contributed by atoms with Crippen molar-refractivity contribution in [3.8, 4) is 5.88 Å². The predicted molar refractivity (Wildman–Crippen MR) is 83.5 cm³/mol. The summed E-state index contributed by atoms with van der Waals surface area (Å²) in [6, 6.07) is 7.10. The van der Waals surface area contributed by atoms with Crippen molar-refractivity contribution in [2.24, 2.45) is 0 Å². The zero-order chi connectivity index (χ0) is 16.2. The van der Waals surface area contributed by atoms with E-state index in [1.165, 1.54) is 24.4 Å². The molecule has 3 rings (SSSR count). The van der Waals surface area contributed by atoms with Gasteiger partial charge in [0, 0.05) is 29.9 Å². The number of rotatable bonds is 4. The Hall–Kier alpha value is -2.18. The maximum Gasteiger partial charge on any atom is 0.255 e. The Kier molecular flexibility index (Phi) is 4.73. The van der Waals surface area contributed by atoms with Gasteiger partial charge in [-0.2, -0.15) is 0 Å². The predicted octanol–water partition coefficient (Wildman–Crippen LogP) is 3.29. The van der Waals surface area contributed by atoms with E-state index in [-0.39, 0.29) is 17.0 Å². The molecule has 2 heterocycles. The molecule has 1 atom stereocenters. The first kappa shape index (κ1) is 15.7. The van der Waals surface area contributed by atoms with Gasteiger partial charge in [-0.25, -0.2) is 9.37 Å². The van der Waals surface area contributed by atoms with Crippen molar-refractivity contribution in [2.45, 2.75) is 12.5 Å². The molecule has 1 fully saturated rings. The van der Waals surface area contributed by atoms with Gasteiger partial charge in [0.2, 0.25) is 5.88 Å². The molecule has 1 aliphatic rings. The van der Waals surface area contributed by atoms with Gasteiger partial charge in [0.05, 0.1) is 18.2 Å². The molecule has 0 unspecified atom stereocenters. The molecule has 0 saturated carbocycles. The normalized spacial score (nSPS) is 17.0. The van der Waals surface area contributed by atoms with E-state index >= 15 is 0 Å². The topological polar surface area (TPSA) is 60.5 Å². The Morgan fingerprint density at radius 2 is 2.26 bits per heavy atom. The van der Waals surface area contributed by atoms with Crippen molar-refractivity contribution >= 4 is 23.2 Å². The minimum Gasteiger partial charge on any atom is -0.472 e. The lowest BCUT2D eigenvalue weighted by Gasteiger charge is -2.11. The van der Waals surface area contributed by atoms with Crippen molar-refractivity contribution in [2.75, 3.05) is 18.5 Å². The van der Waals surface area contributed by atoms with Gasteiger partial charge in [-0.15, -0.1) is 0 Å². The monoisotopic (exact) mass is 336 g/mol. The van der Waals surface area contributed by atoms with Crippen LogP contribution in [0.4, 0.5) is 10.1 Å². The number of amides is 1. The number of hydrogen-bond donors (Lipinski definition) is 1. The summed E-state index contributed by atoms with van der Waals surface area (Å²) < 4.78 is 24.0. The molecule has 0 bridgehead atoms. The Bertz CT molecular complexity index is 720. The molecule has 0 aliphatic carbocycles. The van der Waals surface area contributed by atoms with E-state index in [1.807, 2.05) is 0 Å². The van der Waals surface area contributed by atoms with Crippen LogP contribution in [0.1, 0.15) is 16.8 Å². The molecule has 1 amide bonds. The van der Waals surface area contributed by atoms with E-state index < -0.39 is 5.82 Å². The molecule has 23 heavy (non-hydrogen) atoms. The summed E-state index contributed by atoms with van der Waals surface area (Å²) in [7, 11) is 0. The molecule has 1 N–H and O–H groups in total. The Labute approximate surface area is 137 Å². The van der Waals surface area contributed by atoms with Crippen LogP contribution in [0.15, 0.2) is 36.5 Å². The zero-order valence-electron chi connectivity index (χ0n) is 12.1. The third-order valence-electron chi connectivity index (χ3n) is 3.35. The number of halogens is 2. The van der Waals surface area contributed by atoms with Gasteiger partial charge in [-0.05, 0) is 24.3 Å². The standard InChI is InChI=1S/C16H14ClFN2O3/c17-13-8-11(1-2-14(13)18)20-16(21)10-3-5-19-15(7-10)23-12-4-6-22-9-12/h1-3,5,7-8,12H,4,6,9H2,(H,20,21)/t12-/m1/s1. The first-order valence-electron chi connectivity index (χ1n) is 7.08. The molecule has 7 heteroatoms. The van der Waals surface area contributed by atoms with Gasteiger partial charge in [-0.1, -0.05) is 11.6 Å². The summed E-state index contributed by atoms with van der Waals surface area (Å²) in [6.45, 7) is 1.18. The molecule has 1 aromatic carbocycles. The molecule has 0 radical (unpaired) electrons. The van der Waals surface area contributed by atoms with Gasteiger partial charge < -0.3 is 14.8 Å². The highest BCUT2D eigenvalue weighted by Gasteiger charge is 2.18. The van der Waals surface area contributed by atoms with Crippen LogP contribution in [0.2, 0.25) is 5.02 Å². The van der Waals surface area contributed by atoms with E-state index in [2.05, 4.69) is 10.3 Å². The summed E-state index contributed by atoms with van der Waals surface area (Å²) in [4.78, 5) is 16.3. The maximum atomic E-state index is 13.1. The number of nitrogens with one attached hydrogen (secondary N) is 1. The highest BCUT2D eigenvalue weighted by molar-refractivity contribution is 6.31. The molecule has 1 aliphatic heterocycles. The average molecular weight is 337 g/mol. The number of nitrogens with zero attached hydrogens (tertiary/aromatic N) is 1.